The van der Waals surface area contributed by atoms with E-state index in [1.165, 1.54) is 0 Å². The second kappa shape index (κ2) is 3.22. The summed E-state index contributed by atoms with van der Waals surface area (Å²) in [5.41, 5.74) is 5.66. The standard InChI is InChI=1S/C8H16N2O2S/c9-8-3-4-10(5-8)13(11,12)6-7-1-2-7/h7-8H,1-6,9H2/t8-/m0/s1. The first kappa shape index (κ1) is 9.43. The van der Waals surface area contributed by atoms with Crippen molar-refractivity contribution in [2.24, 2.45) is 11.7 Å². The fourth-order valence-electron chi connectivity index (χ4n) is 1.69. The first-order valence-electron chi connectivity index (χ1n) is 4.81. The van der Waals surface area contributed by atoms with Gasteiger partial charge < -0.3 is 5.73 Å². The zero-order valence-corrected chi connectivity index (χ0v) is 8.46. The van der Waals surface area contributed by atoms with Gasteiger partial charge in [0.15, 0.2) is 0 Å². The van der Waals surface area contributed by atoms with Crippen molar-refractivity contribution in [3.05, 3.63) is 0 Å². The van der Waals surface area contributed by atoms with E-state index >= 15 is 0 Å². The van der Waals surface area contributed by atoms with Gasteiger partial charge in [0.2, 0.25) is 10.0 Å². The summed E-state index contributed by atoms with van der Waals surface area (Å²) >= 11 is 0. The van der Waals surface area contributed by atoms with E-state index in [9.17, 15) is 8.42 Å². The lowest BCUT2D eigenvalue weighted by molar-refractivity contribution is 0.470. The molecule has 0 aromatic heterocycles. The molecule has 0 aromatic carbocycles. The fraction of sp³-hybridized carbons (Fsp3) is 1.00. The average Bonchev–Trinajstić information content (AvgIpc) is 2.70. The minimum atomic E-state index is -2.98. The largest absolute Gasteiger partial charge is 0.326 e. The Bertz CT molecular complexity index is 285. The maximum Gasteiger partial charge on any atom is 0.214 e. The Morgan fingerprint density at radius 1 is 1.31 bits per heavy atom. The highest BCUT2D eigenvalue weighted by Crippen LogP contribution is 2.31. The van der Waals surface area contributed by atoms with Crippen LogP contribution in [0.2, 0.25) is 0 Å². The molecule has 1 aliphatic carbocycles. The molecule has 5 heteroatoms. The predicted molar refractivity (Wildman–Crippen MR) is 50.7 cm³/mol. The zero-order chi connectivity index (χ0) is 9.47. The van der Waals surface area contributed by atoms with E-state index in [4.69, 9.17) is 5.73 Å². The first-order chi connectivity index (χ1) is 6.08. The molecule has 0 bridgehead atoms. The fourth-order valence-corrected chi connectivity index (χ4v) is 3.64. The van der Waals surface area contributed by atoms with Gasteiger partial charge in [-0.25, -0.2) is 12.7 Å². The molecule has 2 fully saturated rings. The molecule has 1 aliphatic heterocycles. The normalized spacial score (nSPS) is 31.0. The van der Waals surface area contributed by atoms with Crippen LogP contribution in [-0.2, 0) is 10.0 Å². The summed E-state index contributed by atoms with van der Waals surface area (Å²) in [6.07, 6.45) is 2.97. The number of hydrogen-bond donors (Lipinski definition) is 1. The van der Waals surface area contributed by atoms with Gasteiger partial charge in [-0.05, 0) is 25.2 Å². The molecule has 13 heavy (non-hydrogen) atoms. The number of sulfonamides is 1. The molecule has 0 spiro atoms. The minimum Gasteiger partial charge on any atom is -0.326 e. The van der Waals surface area contributed by atoms with E-state index in [0.29, 0.717) is 24.8 Å². The lowest BCUT2D eigenvalue weighted by atomic mass is 10.3. The summed E-state index contributed by atoms with van der Waals surface area (Å²) in [6, 6.07) is 0.0500. The van der Waals surface area contributed by atoms with Gasteiger partial charge in [-0.1, -0.05) is 0 Å². The smallest absolute Gasteiger partial charge is 0.214 e. The van der Waals surface area contributed by atoms with E-state index in [1.54, 1.807) is 4.31 Å². The van der Waals surface area contributed by atoms with Gasteiger partial charge in [-0.2, -0.15) is 0 Å². The van der Waals surface area contributed by atoms with Crippen LogP contribution in [-0.4, -0.2) is 37.6 Å². The van der Waals surface area contributed by atoms with Crippen LogP contribution in [0.1, 0.15) is 19.3 Å². The summed E-state index contributed by atoms with van der Waals surface area (Å²) in [7, 11) is -2.98. The molecule has 1 saturated carbocycles. The Kier molecular flexibility index (Phi) is 2.33. The third-order valence-corrected chi connectivity index (χ3v) is 4.74. The highest BCUT2D eigenvalue weighted by molar-refractivity contribution is 7.89. The van der Waals surface area contributed by atoms with Gasteiger partial charge in [0, 0.05) is 19.1 Å². The van der Waals surface area contributed by atoms with Crippen molar-refractivity contribution >= 4 is 10.0 Å². The molecule has 76 valence electrons. The Morgan fingerprint density at radius 3 is 2.46 bits per heavy atom. The summed E-state index contributed by atoms with van der Waals surface area (Å²) in [6.45, 7) is 1.14. The SMILES string of the molecule is N[C@H]1CCN(S(=O)(=O)CC2CC2)C1. The van der Waals surface area contributed by atoms with Crippen LogP contribution >= 0.6 is 0 Å². The predicted octanol–water partition coefficient (Wildman–Crippen LogP) is -0.241. The van der Waals surface area contributed by atoms with Gasteiger partial charge in [0.05, 0.1) is 5.75 Å². The van der Waals surface area contributed by atoms with Crippen molar-refractivity contribution in [3.63, 3.8) is 0 Å². The average molecular weight is 204 g/mol. The first-order valence-corrected chi connectivity index (χ1v) is 6.42. The molecule has 1 saturated heterocycles. The summed E-state index contributed by atoms with van der Waals surface area (Å²) in [5.74, 6) is 0.779. The van der Waals surface area contributed by atoms with Crippen molar-refractivity contribution in [1.29, 1.82) is 0 Å². The molecular formula is C8H16N2O2S. The Labute approximate surface area is 79.1 Å². The van der Waals surface area contributed by atoms with Crippen molar-refractivity contribution < 1.29 is 8.42 Å². The monoisotopic (exact) mass is 204 g/mol. The topological polar surface area (TPSA) is 63.4 Å². The third-order valence-electron chi connectivity index (χ3n) is 2.72. The molecule has 2 rings (SSSR count). The van der Waals surface area contributed by atoms with Crippen LogP contribution in [0.15, 0.2) is 0 Å². The Morgan fingerprint density at radius 2 is 2.00 bits per heavy atom. The van der Waals surface area contributed by atoms with Gasteiger partial charge in [-0.3, -0.25) is 0 Å². The molecule has 0 unspecified atom stereocenters. The van der Waals surface area contributed by atoms with E-state index in [1.807, 2.05) is 0 Å². The highest BCUT2D eigenvalue weighted by Gasteiger charge is 2.34. The van der Waals surface area contributed by atoms with Crippen LogP contribution in [0.4, 0.5) is 0 Å². The number of nitrogens with zero attached hydrogens (tertiary/aromatic N) is 1. The van der Waals surface area contributed by atoms with Crippen molar-refractivity contribution in [1.82, 2.24) is 4.31 Å². The highest BCUT2D eigenvalue weighted by atomic mass is 32.2. The zero-order valence-electron chi connectivity index (χ0n) is 7.65. The number of hydrogen-bond acceptors (Lipinski definition) is 3. The quantitative estimate of drug-likeness (QED) is 0.690. The van der Waals surface area contributed by atoms with Gasteiger partial charge in [0.25, 0.3) is 0 Å². The molecule has 0 amide bonds. The van der Waals surface area contributed by atoms with E-state index in [0.717, 1.165) is 19.3 Å². The molecule has 0 aromatic rings. The molecule has 2 N–H and O–H groups in total. The molecule has 4 nitrogen and oxygen atoms in total. The maximum atomic E-state index is 11.7. The summed E-state index contributed by atoms with van der Waals surface area (Å²) < 4.78 is 24.9. The van der Waals surface area contributed by atoms with E-state index < -0.39 is 10.0 Å². The molecule has 1 atom stereocenters. The third kappa shape index (κ3) is 2.21. The summed E-state index contributed by atoms with van der Waals surface area (Å²) in [5, 5.41) is 0. The lowest BCUT2D eigenvalue weighted by Crippen LogP contribution is -2.34. The van der Waals surface area contributed by atoms with Crippen molar-refractivity contribution in [2.75, 3.05) is 18.8 Å². The maximum absolute atomic E-state index is 11.7. The molecular weight excluding hydrogens is 188 g/mol. The summed E-state index contributed by atoms with van der Waals surface area (Å²) in [4.78, 5) is 0. The van der Waals surface area contributed by atoms with Crippen LogP contribution < -0.4 is 5.73 Å². The second-order valence-electron chi connectivity index (χ2n) is 4.13. The minimum absolute atomic E-state index is 0.0500. The van der Waals surface area contributed by atoms with Crippen LogP contribution in [0, 0.1) is 5.92 Å². The van der Waals surface area contributed by atoms with Gasteiger partial charge >= 0.3 is 0 Å². The second-order valence-corrected chi connectivity index (χ2v) is 6.14. The van der Waals surface area contributed by atoms with Crippen LogP contribution in [0.5, 0.6) is 0 Å². The van der Waals surface area contributed by atoms with E-state index in [-0.39, 0.29) is 6.04 Å². The molecule has 2 aliphatic rings. The van der Waals surface area contributed by atoms with Gasteiger partial charge in [-0.15, -0.1) is 0 Å². The lowest BCUT2D eigenvalue weighted by Gasteiger charge is -2.15. The van der Waals surface area contributed by atoms with Gasteiger partial charge in [0.1, 0.15) is 0 Å². The Hall–Kier alpha value is -0.130. The molecule has 1 heterocycles. The van der Waals surface area contributed by atoms with E-state index in [2.05, 4.69) is 0 Å². The van der Waals surface area contributed by atoms with Crippen LogP contribution in [0.25, 0.3) is 0 Å². The van der Waals surface area contributed by atoms with Crippen molar-refractivity contribution in [2.45, 2.75) is 25.3 Å². The Balaban J connectivity index is 1.97. The van der Waals surface area contributed by atoms with Crippen molar-refractivity contribution in [3.8, 4) is 0 Å². The van der Waals surface area contributed by atoms with Crippen LogP contribution in [0.3, 0.4) is 0 Å². The molecule has 0 radical (unpaired) electrons. The number of nitrogens with two attached hydrogens (primary N) is 1. The number of rotatable bonds is 3.